The molecule has 162 valence electrons. The van der Waals surface area contributed by atoms with E-state index in [1.807, 2.05) is 35.6 Å². The zero-order chi connectivity index (χ0) is 21.7. The largest absolute Gasteiger partial charge is 0.481 e. The van der Waals surface area contributed by atoms with Crippen molar-refractivity contribution in [2.45, 2.75) is 58.4 Å². The number of carboxylic acids is 1. The molecule has 1 atom stereocenters. The highest BCUT2D eigenvalue weighted by Crippen LogP contribution is 2.40. The topological polar surface area (TPSA) is 69.6 Å². The van der Waals surface area contributed by atoms with E-state index in [9.17, 15) is 9.59 Å². The molecule has 2 N–H and O–H groups in total. The Bertz CT molecular complexity index is 869. The lowest BCUT2D eigenvalue weighted by atomic mass is 9.81. The highest BCUT2D eigenvalue weighted by atomic mass is 32.1. The number of hydrogen-bond donors (Lipinski definition) is 2. The molecule has 2 aromatic rings. The predicted octanol–water partition coefficient (Wildman–Crippen LogP) is 5.65. The number of benzene rings is 1. The first kappa shape index (κ1) is 22.3. The lowest BCUT2D eigenvalue weighted by Gasteiger charge is -2.32. The van der Waals surface area contributed by atoms with Gasteiger partial charge in [-0.1, -0.05) is 19.3 Å². The molecule has 3 rings (SSSR count). The van der Waals surface area contributed by atoms with Crippen LogP contribution in [0.5, 0.6) is 0 Å². The predicted molar refractivity (Wildman–Crippen MR) is 122 cm³/mol. The molecular formula is C24H32N2O3S. The molecule has 1 heterocycles. The summed E-state index contributed by atoms with van der Waals surface area (Å²) in [6.07, 6.45) is 6.36. The molecular weight excluding hydrogens is 396 g/mol. The van der Waals surface area contributed by atoms with Gasteiger partial charge in [0, 0.05) is 34.6 Å². The van der Waals surface area contributed by atoms with Crippen molar-refractivity contribution in [1.82, 2.24) is 4.90 Å². The normalized spacial score (nSPS) is 15.6. The summed E-state index contributed by atoms with van der Waals surface area (Å²) < 4.78 is 0. The Morgan fingerprint density at radius 1 is 1.17 bits per heavy atom. The Labute approximate surface area is 183 Å². The lowest BCUT2D eigenvalue weighted by Crippen LogP contribution is -2.29. The summed E-state index contributed by atoms with van der Waals surface area (Å²) in [6.45, 7) is 4.58. The van der Waals surface area contributed by atoms with Crippen molar-refractivity contribution in [2.24, 2.45) is 5.92 Å². The van der Waals surface area contributed by atoms with Crippen molar-refractivity contribution in [3.8, 4) is 0 Å². The van der Waals surface area contributed by atoms with Crippen LogP contribution in [0.2, 0.25) is 0 Å². The van der Waals surface area contributed by atoms with E-state index in [0.717, 1.165) is 5.69 Å². The lowest BCUT2D eigenvalue weighted by molar-refractivity contribution is -0.137. The summed E-state index contributed by atoms with van der Waals surface area (Å²) in [6, 6.07) is 10.2. The molecule has 1 aliphatic carbocycles. The molecule has 1 fully saturated rings. The third-order valence-electron chi connectivity index (χ3n) is 6.00. The van der Waals surface area contributed by atoms with Crippen LogP contribution in [-0.4, -0.2) is 35.5 Å². The maximum Gasteiger partial charge on any atom is 0.305 e. The molecule has 1 aromatic heterocycles. The summed E-state index contributed by atoms with van der Waals surface area (Å²) in [5, 5.41) is 12.6. The molecule has 1 amide bonds. The van der Waals surface area contributed by atoms with E-state index < -0.39 is 5.97 Å². The Balaban J connectivity index is 1.74. The first-order valence-electron chi connectivity index (χ1n) is 10.8. The molecule has 0 aliphatic heterocycles. The average Bonchev–Trinajstić information content (AvgIpc) is 3.08. The highest BCUT2D eigenvalue weighted by molar-refractivity contribution is 7.12. The minimum atomic E-state index is -0.901. The van der Waals surface area contributed by atoms with E-state index in [0.29, 0.717) is 11.5 Å². The van der Waals surface area contributed by atoms with Gasteiger partial charge in [0.05, 0.1) is 12.5 Å². The van der Waals surface area contributed by atoms with Crippen LogP contribution in [0.4, 0.5) is 5.69 Å². The van der Waals surface area contributed by atoms with Gasteiger partial charge in [-0.15, -0.1) is 11.3 Å². The Kier molecular flexibility index (Phi) is 7.53. The van der Waals surface area contributed by atoms with Crippen molar-refractivity contribution in [3.05, 3.63) is 51.2 Å². The molecule has 1 aromatic carbocycles. The highest BCUT2D eigenvalue weighted by Gasteiger charge is 2.27. The van der Waals surface area contributed by atoms with Gasteiger partial charge in [-0.05, 0) is 68.5 Å². The zero-order valence-corrected chi connectivity index (χ0v) is 18.9. The SMILES string of the molecule is Cc1cc(C(Nc2ccc(C(=O)N(C)CCC(=O)O)cc2)C2CCCCC2)c(C)s1. The molecule has 0 saturated heterocycles. The average molecular weight is 429 g/mol. The fourth-order valence-corrected chi connectivity index (χ4v) is 5.32. The van der Waals surface area contributed by atoms with Gasteiger partial charge in [0.15, 0.2) is 0 Å². The summed E-state index contributed by atoms with van der Waals surface area (Å²) in [5.41, 5.74) is 2.99. The second-order valence-electron chi connectivity index (χ2n) is 8.34. The van der Waals surface area contributed by atoms with Gasteiger partial charge in [-0.25, -0.2) is 0 Å². The van der Waals surface area contributed by atoms with Gasteiger partial charge >= 0.3 is 5.97 Å². The molecule has 30 heavy (non-hydrogen) atoms. The summed E-state index contributed by atoms with van der Waals surface area (Å²) in [5.74, 6) is -0.437. The Morgan fingerprint density at radius 2 is 1.83 bits per heavy atom. The van der Waals surface area contributed by atoms with Gasteiger partial charge < -0.3 is 15.3 Å². The van der Waals surface area contributed by atoms with E-state index in [1.165, 1.54) is 52.3 Å². The van der Waals surface area contributed by atoms with Crippen LogP contribution in [0.15, 0.2) is 30.3 Å². The number of nitrogens with one attached hydrogen (secondary N) is 1. The summed E-state index contributed by atoms with van der Waals surface area (Å²) in [7, 11) is 1.64. The molecule has 0 bridgehead atoms. The van der Waals surface area contributed by atoms with Crippen LogP contribution in [0.25, 0.3) is 0 Å². The summed E-state index contributed by atoms with van der Waals surface area (Å²) in [4.78, 5) is 27.4. The van der Waals surface area contributed by atoms with Gasteiger partial charge in [-0.2, -0.15) is 0 Å². The van der Waals surface area contributed by atoms with Crippen molar-refractivity contribution >= 4 is 28.9 Å². The van der Waals surface area contributed by atoms with Crippen LogP contribution < -0.4 is 5.32 Å². The number of carbonyl (C=O) groups excluding carboxylic acids is 1. The minimum Gasteiger partial charge on any atom is -0.481 e. The van der Waals surface area contributed by atoms with Crippen molar-refractivity contribution in [2.75, 3.05) is 18.9 Å². The molecule has 0 spiro atoms. The van der Waals surface area contributed by atoms with Crippen LogP contribution >= 0.6 is 11.3 Å². The maximum atomic E-state index is 12.5. The van der Waals surface area contributed by atoms with Crippen molar-refractivity contribution in [3.63, 3.8) is 0 Å². The number of hydrogen-bond acceptors (Lipinski definition) is 4. The monoisotopic (exact) mass is 428 g/mol. The Morgan fingerprint density at radius 3 is 2.40 bits per heavy atom. The number of rotatable bonds is 8. The molecule has 0 radical (unpaired) electrons. The fourth-order valence-electron chi connectivity index (χ4n) is 4.35. The molecule has 1 saturated carbocycles. The smallest absolute Gasteiger partial charge is 0.305 e. The van der Waals surface area contributed by atoms with Crippen LogP contribution in [0.3, 0.4) is 0 Å². The number of nitrogens with zero attached hydrogens (tertiary/aromatic N) is 1. The van der Waals surface area contributed by atoms with E-state index in [4.69, 9.17) is 5.11 Å². The quantitative estimate of drug-likeness (QED) is 0.570. The molecule has 1 aliphatic rings. The number of anilines is 1. The molecule has 5 nitrogen and oxygen atoms in total. The van der Waals surface area contributed by atoms with Crippen LogP contribution in [-0.2, 0) is 4.79 Å². The zero-order valence-electron chi connectivity index (χ0n) is 18.1. The molecule has 6 heteroatoms. The fraction of sp³-hybridized carbons (Fsp3) is 0.500. The number of carboxylic acid groups (broad SMARTS) is 1. The molecule has 1 unspecified atom stereocenters. The van der Waals surface area contributed by atoms with Gasteiger partial charge in [0.1, 0.15) is 0 Å². The van der Waals surface area contributed by atoms with E-state index >= 15 is 0 Å². The number of thiophene rings is 1. The number of carbonyl (C=O) groups is 2. The van der Waals surface area contributed by atoms with E-state index in [-0.39, 0.29) is 24.9 Å². The second-order valence-corrected chi connectivity index (χ2v) is 9.80. The van der Waals surface area contributed by atoms with E-state index in [1.54, 1.807) is 7.05 Å². The summed E-state index contributed by atoms with van der Waals surface area (Å²) >= 11 is 1.86. The first-order chi connectivity index (χ1) is 14.3. The van der Waals surface area contributed by atoms with Crippen molar-refractivity contribution < 1.29 is 14.7 Å². The Hall–Kier alpha value is -2.34. The third-order valence-corrected chi connectivity index (χ3v) is 6.98. The van der Waals surface area contributed by atoms with Gasteiger partial charge in [0.2, 0.25) is 0 Å². The minimum absolute atomic E-state index is 0.0512. The number of aryl methyl sites for hydroxylation is 2. The third kappa shape index (κ3) is 5.63. The van der Waals surface area contributed by atoms with Gasteiger partial charge in [-0.3, -0.25) is 9.59 Å². The standard InChI is InChI=1S/C24H32N2O3S/c1-16-15-21(17(2)30-16)23(18-7-5-4-6-8-18)25-20-11-9-19(10-12-20)24(29)26(3)14-13-22(27)28/h9-12,15,18,23,25H,4-8,13-14H2,1-3H3,(H,27,28). The number of amides is 1. The van der Waals surface area contributed by atoms with Crippen LogP contribution in [0, 0.1) is 19.8 Å². The first-order valence-corrected chi connectivity index (χ1v) is 11.6. The number of aliphatic carboxylic acids is 1. The van der Waals surface area contributed by atoms with E-state index in [2.05, 4.69) is 25.2 Å². The second kappa shape index (κ2) is 10.1. The van der Waals surface area contributed by atoms with Crippen LogP contribution in [0.1, 0.15) is 70.2 Å². The maximum absolute atomic E-state index is 12.5. The van der Waals surface area contributed by atoms with Crippen molar-refractivity contribution in [1.29, 1.82) is 0 Å². The van der Waals surface area contributed by atoms with Gasteiger partial charge in [0.25, 0.3) is 5.91 Å².